The van der Waals surface area contributed by atoms with Gasteiger partial charge in [-0.3, -0.25) is 9.59 Å². The van der Waals surface area contributed by atoms with E-state index in [2.05, 4.69) is 0 Å². The molecule has 0 saturated heterocycles. The van der Waals surface area contributed by atoms with Crippen molar-refractivity contribution in [1.29, 1.82) is 0 Å². The molecule has 1 rings (SSSR count). The Morgan fingerprint density at radius 1 is 1.47 bits per heavy atom. The van der Waals surface area contributed by atoms with Gasteiger partial charge in [-0.05, 0) is 19.1 Å². The number of carbonyl (C=O) groups is 2. The lowest BCUT2D eigenvalue weighted by molar-refractivity contribution is -0.134. The number of aldehydes is 1. The predicted octanol–water partition coefficient (Wildman–Crippen LogP) is 2.43. The lowest BCUT2D eigenvalue weighted by atomic mass is 10.2. The van der Waals surface area contributed by atoms with Crippen molar-refractivity contribution in [3.63, 3.8) is 0 Å². The lowest BCUT2D eigenvalue weighted by Gasteiger charge is -2.11. The SMILES string of the molecule is CCOc1cccc(C=O)c1OC(=O)CCCl. The smallest absolute Gasteiger partial charge is 0.312 e. The van der Waals surface area contributed by atoms with E-state index in [-0.39, 0.29) is 23.6 Å². The Balaban J connectivity index is 2.99. The molecule has 0 bridgehead atoms. The van der Waals surface area contributed by atoms with Crippen LogP contribution in [-0.2, 0) is 4.79 Å². The third-order valence-electron chi connectivity index (χ3n) is 1.95. The number of hydrogen-bond acceptors (Lipinski definition) is 4. The number of ether oxygens (including phenoxy) is 2. The van der Waals surface area contributed by atoms with Gasteiger partial charge in [0.15, 0.2) is 17.8 Å². The normalized spacial score (nSPS) is 9.76. The molecule has 0 aliphatic rings. The van der Waals surface area contributed by atoms with E-state index in [0.717, 1.165) is 0 Å². The molecule has 0 aromatic heterocycles. The van der Waals surface area contributed by atoms with E-state index in [1.165, 1.54) is 0 Å². The van der Waals surface area contributed by atoms with Crippen molar-refractivity contribution in [2.75, 3.05) is 12.5 Å². The van der Waals surface area contributed by atoms with Gasteiger partial charge in [0.1, 0.15) is 0 Å². The number of rotatable bonds is 6. The van der Waals surface area contributed by atoms with Gasteiger partial charge in [0, 0.05) is 5.88 Å². The molecular formula is C12H13ClO4. The highest BCUT2D eigenvalue weighted by molar-refractivity contribution is 6.18. The fourth-order valence-electron chi connectivity index (χ4n) is 1.25. The van der Waals surface area contributed by atoms with E-state index in [9.17, 15) is 9.59 Å². The van der Waals surface area contributed by atoms with E-state index in [1.807, 2.05) is 0 Å². The molecule has 0 amide bonds. The van der Waals surface area contributed by atoms with Crippen LogP contribution in [0.15, 0.2) is 18.2 Å². The molecule has 0 N–H and O–H groups in total. The first kappa shape index (κ1) is 13.5. The van der Waals surface area contributed by atoms with Crippen molar-refractivity contribution in [3.8, 4) is 11.5 Å². The van der Waals surface area contributed by atoms with E-state index >= 15 is 0 Å². The fraction of sp³-hybridized carbons (Fsp3) is 0.333. The number of halogens is 1. The van der Waals surface area contributed by atoms with Crippen molar-refractivity contribution >= 4 is 23.9 Å². The zero-order valence-electron chi connectivity index (χ0n) is 9.44. The van der Waals surface area contributed by atoms with E-state index in [4.69, 9.17) is 21.1 Å². The maximum atomic E-state index is 11.4. The summed E-state index contributed by atoms with van der Waals surface area (Å²) in [6.45, 7) is 2.22. The highest BCUT2D eigenvalue weighted by Gasteiger charge is 2.14. The van der Waals surface area contributed by atoms with Crippen LogP contribution in [0.4, 0.5) is 0 Å². The zero-order chi connectivity index (χ0) is 12.7. The predicted molar refractivity (Wildman–Crippen MR) is 64.0 cm³/mol. The minimum absolute atomic E-state index is 0.0836. The first-order valence-corrected chi connectivity index (χ1v) is 5.74. The van der Waals surface area contributed by atoms with Crippen LogP contribution in [0, 0.1) is 0 Å². The molecule has 0 aliphatic carbocycles. The summed E-state index contributed by atoms with van der Waals surface area (Å²) in [4.78, 5) is 22.2. The van der Waals surface area contributed by atoms with Crippen LogP contribution in [-0.4, -0.2) is 24.7 Å². The van der Waals surface area contributed by atoms with E-state index < -0.39 is 5.97 Å². The number of benzene rings is 1. The molecule has 0 heterocycles. The van der Waals surface area contributed by atoms with Gasteiger partial charge in [0.05, 0.1) is 18.6 Å². The van der Waals surface area contributed by atoms with Gasteiger partial charge < -0.3 is 9.47 Å². The molecule has 0 fully saturated rings. The average molecular weight is 257 g/mol. The standard InChI is InChI=1S/C12H13ClO4/c1-2-16-10-5-3-4-9(8-14)12(10)17-11(15)6-7-13/h3-5,8H,2,6-7H2,1H3. The van der Waals surface area contributed by atoms with Crippen molar-refractivity contribution < 1.29 is 19.1 Å². The molecule has 17 heavy (non-hydrogen) atoms. The zero-order valence-corrected chi connectivity index (χ0v) is 10.2. The summed E-state index contributed by atoms with van der Waals surface area (Å²) in [5.41, 5.74) is 0.277. The van der Waals surface area contributed by atoms with Gasteiger partial charge in [-0.2, -0.15) is 0 Å². The molecule has 1 aromatic carbocycles. The van der Waals surface area contributed by atoms with Crippen LogP contribution in [0.5, 0.6) is 11.5 Å². The van der Waals surface area contributed by atoms with Crippen LogP contribution in [0.25, 0.3) is 0 Å². The topological polar surface area (TPSA) is 52.6 Å². The molecule has 1 aromatic rings. The highest BCUT2D eigenvalue weighted by atomic mass is 35.5. The monoisotopic (exact) mass is 256 g/mol. The number of carbonyl (C=O) groups excluding carboxylic acids is 2. The Morgan fingerprint density at radius 3 is 2.82 bits per heavy atom. The van der Waals surface area contributed by atoms with Crippen LogP contribution in [0.1, 0.15) is 23.7 Å². The van der Waals surface area contributed by atoms with Crippen molar-refractivity contribution in [3.05, 3.63) is 23.8 Å². The Morgan fingerprint density at radius 2 is 2.24 bits per heavy atom. The first-order chi connectivity index (χ1) is 8.22. The number of alkyl halides is 1. The summed E-state index contributed by atoms with van der Waals surface area (Å²) in [5, 5.41) is 0. The average Bonchev–Trinajstić information content (AvgIpc) is 2.32. The molecular weight excluding hydrogens is 244 g/mol. The second-order valence-electron chi connectivity index (χ2n) is 3.14. The maximum Gasteiger partial charge on any atom is 0.312 e. The number of hydrogen-bond donors (Lipinski definition) is 0. The molecule has 5 heteroatoms. The third-order valence-corrected chi connectivity index (χ3v) is 2.14. The molecule has 0 atom stereocenters. The molecule has 0 unspecified atom stereocenters. The Bertz CT molecular complexity index is 403. The quantitative estimate of drug-likeness (QED) is 0.339. The summed E-state index contributed by atoms with van der Waals surface area (Å²) >= 11 is 5.44. The maximum absolute atomic E-state index is 11.4. The third kappa shape index (κ3) is 3.75. The minimum Gasteiger partial charge on any atom is -0.490 e. The molecule has 0 saturated carbocycles. The van der Waals surface area contributed by atoms with Crippen molar-refractivity contribution in [2.24, 2.45) is 0 Å². The first-order valence-electron chi connectivity index (χ1n) is 5.20. The van der Waals surface area contributed by atoms with Crippen LogP contribution in [0.2, 0.25) is 0 Å². The molecule has 0 spiro atoms. The van der Waals surface area contributed by atoms with Gasteiger partial charge in [0.2, 0.25) is 0 Å². The van der Waals surface area contributed by atoms with Crippen molar-refractivity contribution in [2.45, 2.75) is 13.3 Å². The van der Waals surface area contributed by atoms with Crippen LogP contribution >= 0.6 is 11.6 Å². The Kier molecular flexibility index (Phi) is 5.49. The summed E-state index contributed by atoms with van der Waals surface area (Å²) in [6.07, 6.45) is 0.701. The molecule has 92 valence electrons. The lowest BCUT2D eigenvalue weighted by Crippen LogP contribution is -2.11. The van der Waals surface area contributed by atoms with Crippen LogP contribution < -0.4 is 9.47 Å². The van der Waals surface area contributed by atoms with Crippen molar-refractivity contribution in [1.82, 2.24) is 0 Å². The summed E-state index contributed by atoms with van der Waals surface area (Å²) in [6, 6.07) is 4.85. The summed E-state index contributed by atoms with van der Waals surface area (Å²) in [7, 11) is 0. The van der Waals surface area contributed by atoms with Gasteiger partial charge in [0.25, 0.3) is 0 Å². The Labute approximate surface area is 104 Å². The fourth-order valence-corrected chi connectivity index (χ4v) is 1.40. The van der Waals surface area contributed by atoms with E-state index in [1.54, 1.807) is 25.1 Å². The summed E-state index contributed by atoms with van der Waals surface area (Å²) < 4.78 is 10.4. The van der Waals surface area contributed by atoms with E-state index in [0.29, 0.717) is 18.6 Å². The molecule has 0 aliphatic heterocycles. The van der Waals surface area contributed by atoms with Gasteiger partial charge in [-0.1, -0.05) is 6.07 Å². The summed E-state index contributed by atoms with van der Waals surface area (Å²) in [5.74, 6) is 0.209. The minimum atomic E-state index is -0.491. The van der Waals surface area contributed by atoms with Crippen LogP contribution in [0.3, 0.4) is 0 Å². The van der Waals surface area contributed by atoms with Gasteiger partial charge >= 0.3 is 5.97 Å². The molecule has 0 radical (unpaired) electrons. The largest absolute Gasteiger partial charge is 0.490 e. The highest BCUT2D eigenvalue weighted by Crippen LogP contribution is 2.30. The molecule has 4 nitrogen and oxygen atoms in total. The Hall–Kier alpha value is -1.55. The second-order valence-corrected chi connectivity index (χ2v) is 3.52. The number of para-hydroxylation sites is 1. The van der Waals surface area contributed by atoms with Gasteiger partial charge in [-0.25, -0.2) is 0 Å². The number of esters is 1. The second kappa shape index (κ2) is 6.91. The van der Waals surface area contributed by atoms with Gasteiger partial charge in [-0.15, -0.1) is 11.6 Å².